The highest BCUT2D eigenvalue weighted by molar-refractivity contribution is 7.16. The van der Waals surface area contributed by atoms with Crippen LogP contribution in [-0.2, 0) is 17.8 Å². The first-order valence-electron chi connectivity index (χ1n) is 10.6. The van der Waals surface area contributed by atoms with E-state index in [0.717, 1.165) is 40.4 Å². The molecule has 1 saturated carbocycles. The quantitative estimate of drug-likeness (QED) is 0.419. The number of nitrogens with zero attached hydrogens (tertiary/aromatic N) is 1. The molecule has 7 nitrogen and oxygen atoms in total. The highest BCUT2D eigenvalue weighted by atomic mass is 32.1. The van der Waals surface area contributed by atoms with Crippen LogP contribution in [0.25, 0.3) is 10.6 Å². The molecule has 4 rings (SSSR count). The maximum atomic E-state index is 12.1. The standard InChI is InChI=1S/C23H26N4O3S2/c1-15-26-20(14-31-15)21-8-7-19(32-21)9-10-24-23(29)25-12-16-3-2-4-18(11-16)30-13-22(28)27-17-5-6-17/h2-4,7-8,11,14,17H,5-6,9-10,12-13H2,1H3,(H,27,28)(H2,24,25,29). The van der Waals surface area contributed by atoms with Gasteiger partial charge in [0.25, 0.3) is 5.91 Å². The maximum absolute atomic E-state index is 12.1. The van der Waals surface area contributed by atoms with Gasteiger partial charge in [0.1, 0.15) is 5.75 Å². The van der Waals surface area contributed by atoms with E-state index in [1.807, 2.05) is 25.1 Å². The van der Waals surface area contributed by atoms with Crippen molar-refractivity contribution in [2.24, 2.45) is 0 Å². The minimum atomic E-state index is -0.216. The second-order valence-corrected chi connectivity index (χ2v) is 9.89. The molecule has 0 saturated heterocycles. The molecular formula is C23H26N4O3S2. The van der Waals surface area contributed by atoms with Crippen molar-refractivity contribution >= 4 is 34.6 Å². The van der Waals surface area contributed by atoms with Crippen molar-refractivity contribution in [3.05, 3.63) is 57.2 Å². The van der Waals surface area contributed by atoms with Crippen LogP contribution >= 0.6 is 22.7 Å². The summed E-state index contributed by atoms with van der Waals surface area (Å²) < 4.78 is 5.55. The van der Waals surface area contributed by atoms with Gasteiger partial charge in [0.05, 0.1) is 15.6 Å². The topological polar surface area (TPSA) is 92.3 Å². The average molecular weight is 471 g/mol. The number of thiazole rings is 1. The van der Waals surface area contributed by atoms with E-state index < -0.39 is 0 Å². The summed E-state index contributed by atoms with van der Waals surface area (Å²) in [5, 5.41) is 11.8. The number of ether oxygens (including phenoxy) is 1. The van der Waals surface area contributed by atoms with Gasteiger partial charge >= 0.3 is 6.03 Å². The third-order valence-electron chi connectivity index (χ3n) is 4.85. The van der Waals surface area contributed by atoms with Crippen LogP contribution in [0, 0.1) is 6.92 Å². The van der Waals surface area contributed by atoms with E-state index >= 15 is 0 Å². The van der Waals surface area contributed by atoms with Crippen LogP contribution < -0.4 is 20.7 Å². The summed E-state index contributed by atoms with van der Waals surface area (Å²) in [7, 11) is 0. The number of nitrogens with one attached hydrogen (secondary N) is 3. The lowest BCUT2D eigenvalue weighted by Gasteiger charge is -2.10. The highest BCUT2D eigenvalue weighted by Crippen LogP contribution is 2.29. The lowest BCUT2D eigenvalue weighted by Crippen LogP contribution is -2.36. The summed E-state index contributed by atoms with van der Waals surface area (Å²) in [6.07, 6.45) is 2.87. The number of aromatic nitrogens is 1. The molecule has 0 unspecified atom stereocenters. The molecule has 0 radical (unpaired) electrons. The molecule has 1 aliphatic carbocycles. The van der Waals surface area contributed by atoms with E-state index in [1.54, 1.807) is 28.7 Å². The molecule has 3 aromatic rings. The van der Waals surface area contributed by atoms with Crippen molar-refractivity contribution in [2.75, 3.05) is 13.2 Å². The smallest absolute Gasteiger partial charge is 0.315 e. The summed E-state index contributed by atoms with van der Waals surface area (Å²) in [6, 6.07) is 11.7. The molecule has 32 heavy (non-hydrogen) atoms. The first-order chi connectivity index (χ1) is 15.5. The molecule has 0 aliphatic heterocycles. The minimum Gasteiger partial charge on any atom is -0.484 e. The van der Waals surface area contributed by atoms with Crippen molar-refractivity contribution in [3.63, 3.8) is 0 Å². The van der Waals surface area contributed by atoms with Gasteiger partial charge in [-0.3, -0.25) is 4.79 Å². The summed E-state index contributed by atoms with van der Waals surface area (Å²) in [4.78, 5) is 30.8. The van der Waals surface area contributed by atoms with Crippen molar-refractivity contribution in [3.8, 4) is 16.3 Å². The zero-order valence-corrected chi connectivity index (χ0v) is 19.5. The van der Waals surface area contributed by atoms with Crippen LogP contribution in [0.2, 0.25) is 0 Å². The van der Waals surface area contributed by atoms with Crippen LogP contribution in [-0.4, -0.2) is 36.1 Å². The Morgan fingerprint density at radius 1 is 1.19 bits per heavy atom. The fourth-order valence-corrected chi connectivity index (χ4v) is 4.72. The zero-order chi connectivity index (χ0) is 22.3. The van der Waals surface area contributed by atoms with Gasteiger partial charge in [-0.25, -0.2) is 9.78 Å². The lowest BCUT2D eigenvalue weighted by atomic mass is 10.2. The third-order valence-corrected chi connectivity index (χ3v) is 6.80. The fraction of sp³-hybridized carbons (Fsp3) is 0.348. The van der Waals surface area contributed by atoms with Crippen LogP contribution in [0.3, 0.4) is 0 Å². The Labute approximate surface area is 195 Å². The van der Waals surface area contributed by atoms with Gasteiger partial charge in [0, 0.05) is 29.4 Å². The first-order valence-corrected chi connectivity index (χ1v) is 12.3. The van der Waals surface area contributed by atoms with Crippen LogP contribution in [0.4, 0.5) is 4.79 Å². The molecule has 1 aromatic carbocycles. The van der Waals surface area contributed by atoms with Gasteiger partial charge in [-0.2, -0.15) is 0 Å². The van der Waals surface area contributed by atoms with Gasteiger partial charge in [0.2, 0.25) is 0 Å². The van der Waals surface area contributed by atoms with Gasteiger partial charge in [0.15, 0.2) is 6.61 Å². The molecule has 1 fully saturated rings. The largest absolute Gasteiger partial charge is 0.484 e. The number of hydrogen-bond acceptors (Lipinski definition) is 6. The van der Waals surface area contributed by atoms with Crippen molar-refractivity contribution in [2.45, 2.75) is 38.8 Å². The normalized spacial score (nSPS) is 12.9. The van der Waals surface area contributed by atoms with Gasteiger partial charge in [-0.05, 0) is 56.0 Å². The number of aryl methyl sites for hydroxylation is 1. The molecule has 9 heteroatoms. The van der Waals surface area contributed by atoms with Crippen molar-refractivity contribution in [1.29, 1.82) is 0 Å². The Morgan fingerprint density at radius 3 is 2.84 bits per heavy atom. The predicted molar refractivity (Wildman–Crippen MR) is 127 cm³/mol. The minimum absolute atomic E-state index is 0.000378. The van der Waals surface area contributed by atoms with Crippen LogP contribution in [0.5, 0.6) is 5.75 Å². The molecule has 0 atom stereocenters. The molecule has 3 amide bonds. The van der Waals surface area contributed by atoms with Crippen LogP contribution in [0.1, 0.15) is 28.3 Å². The van der Waals surface area contributed by atoms with E-state index in [0.29, 0.717) is 24.9 Å². The van der Waals surface area contributed by atoms with Crippen LogP contribution in [0.15, 0.2) is 41.8 Å². The summed E-state index contributed by atoms with van der Waals surface area (Å²) in [6.45, 7) is 2.94. The predicted octanol–water partition coefficient (Wildman–Crippen LogP) is 3.88. The Balaban J connectivity index is 1.16. The van der Waals surface area contributed by atoms with E-state index in [9.17, 15) is 9.59 Å². The average Bonchev–Trinajstić information content (AvgIpc) is 3.28. The molecule has 2 heterocycles. The fourth-order valence-electron chi connectivity index (χ4n) is 3.06. The number of carbonyl (C=O) groups excluding carboxylic acids is 2. The first kappa shape index (κ1) is 22.3. The number of thiophene rings is 1. The Kier molecular flexibility index (Phi) is 7.39. The van der Waals surface area contributed by atoms with Gasteiger partial charge < -0.3 is 20.7 Å². The van der Waals surface area contributed by atoms with E-state index in [-0.39, 0.29) is 18.5 Å². The Morgan fingerprint density at radius 2 is 2.06 bits per heavy atom. The molecular weight excluding hydrogens is 444 g/mol. The van der Waals surface area contributed by atoms with E-state index in [4.69, 9.17) is 4.74 Å². The number of rotatable bonds is 10. The van der Waals surface area contributed by atoms with Gasteiger partial charge in [-0.15, -0.1) is 22.7 Å². The molecule has 3 N–H and O–H groups in total. The number of hydrogen-bond donors (Lipinski definition) is 3. The molecule has 0 spiro atoms. The SMILES string of the molecule is Cc1nc(-c2ccc(CCNC(=O)NCc3cccc(OCC(=O)NC4CC4)c3)s2)cs1. The zero-order valence-electron chi connectivity index (χ0n) is 17.8. The lowest BCUT2D eigenvalue weighted by molar-refractivity contribution is -0.123. The summed E-state index contributed by atoms with van der Waals surface area (Å²) >= 11 is 3.35. The van der Waals surface area contributed by atoms with E-state index in [2.05, 4.69) is 38.4 Å². The second-order valence-electron chi connectivity index (χ2n) is 7.66. The Hall–Kier alpha value is -2.91. The highest BCUT2D eigenvalue weighted by Gasteiger charge is 2.23. The maximum Gasteiger partial charge on any atom is 0.315 e. The number of benzene rings is 1. The third kappa shape index (κ3) is 6.80. The molecule has 168 valence electrons. The second kappa shape index (κ2) is 10.6. The number of carbonyl (C=O) groups is 2. The number of amides is 3. The molecule has 1 aliphatic rings. The number of urea groups is 1. The Bertz CT molecular complexity index is 1070. The summed E-state index contributed by atoms with van der Waals surface area (Å²) in [5.74, 6) is 0.509. The van der Waals surface area contributed by atoms with Crippen molar-refractivity contribution < 1.29 is 14.3 Å². The molecule has 0 bridgehead atoms. The molecule has 2 aromatic heterocycles. The van der Waals surface area contributed by atoms with Gasteiger partial charge in [-0.1, -0.05) is 12.1 Å². The monoisotopic (exact) mass is 470 g/mol. The van der Waals surface area contributed by atoms with Crippen molar-refractivity contribution in [1.82, 2.24) is 20.9 Å². The van der Waals surface area contributed by atoms with E-state index in [1.165, 1.54) is 4.88 Å². The summed E-state index contributed by atoms with van der Waals surface area (Å²) in [5.41, 5.74) is 1.92.